The second-order valence-corrected chi connectivity index (χ2v) is 7.08. The zero-order valence-corrected chi connectivity index (χ0v) is 14.0. The lowest BCUT2D eigenvalue weighted by Gasteiger charge is -2.06. The summed E-state index contributed by atoms with van der Waals surface area (Å²) in [5, 5.41) is 0.747. The molecule has 0 saturated heterocycles. The minimum absolute atomic E-state index is 0.0934. The third kappa shape index (κ3) is 3.94. The number of ketones is 1. The summed E-state index contributed by atoms with van der Waals surface area (Å²) in [6.45, 7) is 3.94. The van der Waals surface area contributed by atoms with Crippen LogP contribution >= 0.6 is 23.2 Å². The molecule has 0 heterocycles. The summed E-state index contributed by atoms with van der Waals surface area (Å²) in [7, 11) is -1.39. The molecule has 1 atom stereocenters. The van der Waals surface area contributed by atoms with E-state index in [4.69, 9.17) is 23.2 Å². The number of benzene rings is 2. The number of carbonyl (C=O) groups is 1. The van der Waals surface area contributed by atoms with Gasteiger partial charge in [0.25, 0.3) is 0 Å². The van der Waals surface area contributed by atoms with Gasteiger partial charge in [0.15, 0.2) is 5.78 Å². The van der Waals surface area contributed by atoms with Crippen LogP contribution < -0.4 is 0 Å². The number of aryl methyl sites for hydroxylation is 2. The summed E-state index contributed by atoms with van der Waals surface area (Å²) in [6.07, 6.45) is 0. The molecule has 0 aromatic heterocycles. The van der Waals surface area contributed by atoms with Crippen molar-refractivity contribution in [3.63, 3.8) is 0 Å². The molecule has 5 heteroatoms. The zero-order chi connectivity index (χ0) is 15.6. The average molecular weight is 341 g/mol. The molecule has 2 nitrogen and oxygen atoms in total. The zero-order valence-electron chi connectivity index (χ0n) is 11.7. The first-order chi connectivity index (χ1) is 9.88. The summed E-state index contributed by atoms with van der Waals surface area (Å²) in [5.74, 6) is -0.350. The number of halogens is 2. The van der Waals surface area contributed by atoms with Crippen molar-refractivity contribution in [3.8, 4) is 0 Å². The molecule has 0 spiro atoms. The lowest BCUT2D eigenvalue weighted by molar-refractivity contribution is 0.102. The Kier molecular flexibility index (Phi) is 5.20. The van der Waals surface area contributed by atoms with Crippen molar-refractivity contribution in [2.24, 2.45) is 0 Å². The Labute approximate surface area is 136 Å². The van der Waals surface area contributed by atoms with Crippen LogP contribution in [0, 0.1) is 13.8 Å². The highest BCUT2D eigenvalue weighted by Crippen LogP contribution is 2.22. The van der Waals surface area contributed by atoms with E-state index >= 15 is 0 Å². The lowest BCUT2D eigenvalue weighted by atomic mass is 10.1. The van der Waals surface area contributed by atoms with Crippen LogP contribution in [-0.2, 0) is 10.8 Å². The van der Waals surface area contributed by atoms with Crippen molar-refractivity contribution in [1.29, 1.82) is 0 Å². The topological polar surface area (TPSA) is 34.1 Å². The first-order valence-electron chi connectivity index (χ1n) is 6.32. The van der Waals surface area contributed by atoms with Crippen LogP contribution in [0.1, 0.15) is 21.5 Å². The van der Waals surface area contributed by atoms with Gasteiger partial charge in [0.05, 0.1) is 21.6 Å². The fraction of sp³-hybridized carbons (Fsp3) is 0.188. The van der Waals surface area contributed by atoms with Crippen LogP contribution in [0.4, 0.5) is 0 Å². The number of hydrogen-bond acceptors (Lipinski definition) is 2. The molecule has 0 radical (unpaired) electrons. The predicted octanol–water partition coefficient (Wildman–Crippen LogP) is 4.60. The van der Waals surface area contributed by atoms with Crippen molar-refractivity contribution >= 4 is 39.8 Å². The Morgan fingerprint density at radius 3 is 2.38 bits per heavy atom. The van der Waals surface area contributed by atoms with Crippen molar-refractivity contribution in [1.82, 2.24) is 0 Å². The van der Waals surface area contributed by atoms with Gasteiger partial charge in [-0.05, 0) is 55.3 Å². The second kappa shape index (κ2) is 6.73. The van der Waals surface area contributed by atoms with Gasteiger partial charge in [-0.3, -0.25) is 9.00 Å². The van der Waals surface area contributed by atoms with Crippen molar-refractivity contribution in [2.45, 2.75) is 18.7 Å². The molecule has 110 valence electrons. The van der Waals surface area contributed by atoms with Crippen LogP contribution in [0.25, 0.3) is 0 Å². The lowest BCUT2D eigenvalue weighted by Crippen LogP contribution is -2.11. The van der Waals surface area contributed by atoms with Crippen LogP contribution in [0.5, 0.6) is 0 Å². The van der Waals surface area contributed by atoms with E-state index in [1.165, 1.54) is 6.07 Å². The van der Waals surface area contributed by atoms with Gasteiger partial charge in [0.1, 0.15) is 0 Å². The maximum atomic E-state index is 12.3. The number of rotatable bonds is 4. The molecule has 0 aliphatic carbocycles. The molecule has 21 heavy (non-hydrogen) atoms. The second-order valence-electron chi connectivity index (χ2n) is 4.78. The van der Waals surface area contributed by atoms with Gasteiger partial charge in [-0.1, -0.05) is 29.3 Å². The summed E-state index contributed by atoms with van der Waals surface area (Å²) >= 11 is 11.8. The highest BCUT2D eigenvalue weighted by atomic mass is 35.5. The first-order valence-corrected chi connectivity index (χ1v) is 8.40. The third-order valence-electron chi connectivity index (χ3n) is 3.23. The molecule has 0 amide bonds. The largest absolute Gasteiger partial charge is 0.293 e. The molecule has 2 aromatic carbocycles. The van der Waals surface area contributed by atoms with E-state index in [1.807, 2.05) is 26.0 Å². The van der Waals surface area contributed by atoms with Gasteiger partial charge in [-0.25, -0.2) is 0 Å². The van der Waals surface area contributed by atoms with E-state index in [0.717, 1.165) is 11.1 Å². The maximum absolute atomic E-state index is 12.3. The quantitative estimate of drug-likeness (QED) is 0.762. The molecular formula is C16H14Cl2O2S. The van der Waals surface area contributed by atoms with Crippen molar-refractivity contribution in [3.05, 3.63) is 63.1 Å². The summed E-state index contributed by atoms with van der Waals surface area (Å²) in [4.78, 5) is 12.8. The van der Waals surface area contributed by atoms with Crippen LogP contribution in [0.3, 0.4) is 0 Å². The summed E-state index contributed by atoms with van der Waals surface area (Å²) < 4.78 is 12.3. The van der Waals surface area contributed by atoms with Gasteiger partial charge in [-0.15, -0.1) is 0 Å². The smallest absolute Gasteiger partial charge is 0.177 e. The fourth-order valence-electron chi connectivity index (χ4n) is 1.85. The summed E-state index contributed by atoms with van der Waals surface area (Å²) in [5.41, 5.74) is 2.53. The Morgan fingerprint density at radius 2 is 1.76 bits per heavy atom. The standard InChI is InChI=1S/C16H14Cl2O2S/c1-10-3-5-13(7-11(10)2)21(20)9-16(19)14-6-4-12(17)8-15(14)18/h3-8H,9H2,1-2H3. The van der Waals surface area contributed by atoms with Gasteiger partial charge >= 0.3 is 0 Å². The van der Waals surface area contributed by atoms with Gasteiger partial charge in [0.2, 0.25) is 0 Å². The van der Waals surface area contributed by atoms with E-state index in [1.54, 1.807) is 18.2 Å². The Morgan fingerprint density at radius 1 is 1.05 bits per heavy atom. The fourth-order valence-corrected chi connectivity index (χ4v) is 3.45. The van der Waals surface area contributed by atoms with Crippen LogP contribution in [-0.4, -0.2) is 15.7 Å². The van der Waals surface area contributed by atoms with E-state index in [9.17, 15) is 9.00 Å². The SMILES string of the molecule is Cc1ccc(S(=O)CC(=O)c2ccc(Cl)cc2Cl)cc1C. The summed E-state index contributed by atoms with van der Waals surface area (Å²) in [6, 6.07) is 10.2. The van der Waals surface area contributed by atoms with Crippen LogP contribution in [0.2, 0.25) is 10.0 Å². The monoisotopic (exact) mass is 340 g/mol. The Balaban J connectivity index is 2.18. The van der Waals surface area contributed by atoms with E-state index < -0.39 is 10.8 Å². The Bertz CT molecular complexity index is 726. The van der Waals surface area contributed by atoms with Crippen molar-refractivity contribution in [2.75, 3.05) is 5.75 Å². The minimum Gasteiger partial charge on any atom is -0.293 e. The van der Waals surface area contributed by atoms with Gasteiger partial charge in [-0.2, -0.15) is 0 Å². The number of carbonyl (C=O) groups excluding carboxylic acids is 1. The minimum atomic E-state index is -1.39. The molecule has 0 saturated carbocycles. The highest BCUT2D eigenvalue weighted by molar-refractivity contribution is 7.85. The molecule has 0 bridgehead atoms. The molecule has 1 unspecified atom stereocenters. The third-order valence-corrected chi connectivity index (χ3v) is 5.09. The van der Waals surface area contributed by atoms with E-state index in [0.29, 0.717) is 15.5 Å². The normalized spacial score (nSPS) is 12.2. The van der Waals surface area contributed by atoms with Crippen LogP contribution in [0.15, 0.2) is 41.3 Å². The molecule has 0 N–H and O–H groups in total. The molecule has 0 fully saturated rings. The van der Waals surface area contributed by atoms with Gasteiger partial charge < -0.3 is 0 Å². The van der Waals surface area contributed by atoms with Gasteiger partial charge in [0, 0.05) is 15.5 Å². The Hall–Kier alpha value is -1.16. The van der Waals surface area contributed by atoms with E-state index in [2.05, 4.69) is 0 Å². The first kappa shape index (κ1) is 16.2. The molecule has 0 aliphatic heterocycles. The number of Topliss-reactive ketones (excluding diaryl/α,β-unsaturated/α-hetero) is 1. The molecule has 2 rings (SSSR count). The number of hydrogen-bond donors (Lipinski definition) is 0. The molecule has 0 aliphatic rings. The highest BCUT2D eigenvalue weighted by Gasteiger charge is 2.15. The van der Waals surface area contributed by atoms with E-state index in [-0.39, 0.29) is 16.6 Å². The predicted molar refractivity (Wildman–Crippen MR) is 88.0 cm³/mol. The molecule has 2 aromatic rings. The van der Waals surface area contributed by atoms with Crippen molar-refractivity contribution < 1.29 is 9.00 Å². The average Bonchev–Trinajstić information content (AvgIpc) is 2.41. The maximum Gasteiger partial charge on any atom is 0.177 e. The molecular weight excluding hydrogens is 327 g/mol.